The van der Waals surface area contributed by atoms with Gasteiger partial charge in [0, 0.05) is 18.2 Å². The number of alkyl halides is 2. The molecule has 0 spiro atoms. The summed E-state index contributed by atoms with van der Waals surface area (Å²) in [6.45, 7) is 1.39. The van der Waals surface area contributed by atoms with Crippen molar-refractivity contribution in [3.63, 3.8) is 0 Å². The highest BCUT2D eigenvalue weighted by molar-refractivity contribution is 5.27. The fraction of sp³-hybridized carbons (Fsp3) is 0.455. The highest BCUT2D eigenvalue weighted by Gasteiger charge is 2.15. The monoisotopic (exact) mass is 232 g/mol. The van der Waals surface area contributed by atoms with Crippen LogP contribution in [0.3, 0.4) is 0 Å². The van der Waals surface area contributed by atoms with E-state index < -0.39 is 24.8 Å². The normalized spacial score (nSPS) is 13.1. The molecule has 1 rings (SSSR count). The zero-order chi connectivity index (χ0) is 12.1. The minimum absolute atomic E-state index is 0.0765. The number of nitrogens with two attached hydrogens (primary N) is 1. The highest BCUT2D eigenvalue weighted by Crippen LogP contribution is 2.18. The Morgan fingerprint density at radius 3 is 2.62 bits per heavy atom. The van der Waals surface area contributed by atoms with E-state index >= 15 is 0 Å². The van der Waals surface area contributed by atoms with Gasteiger partial charge < -0.3 is 11.1 Å². The Kier molecular flexibility index (Phi) is 4.76. The summed E-state index contributed by atoms with van der Waals surface area (Å²) in [5.41, 5.74) is 6.64. The van der Waals surface area contributed by atoms with Gasteiger partial charge in [0.15, 0.2) is 0 Å². The van der Waals surface area contributed by atoms with Gasteiger partial charge in [-0.25, -0.2) is 13.2 Å². The maximum atomic E-state index is 13.4. The van der Waals surface area contributed by atoms with Crippen LogP contribution in [0, 0.1) is 12.7 Å². The second kappa shape index (κ2) is 5.86. The van der Waals surface area contributed by atoms with E-state index in [-0.39, 0.29) is 6.54 Å². The summed E-state index contributed by atoms with van der Waals surface area (Å²) >= 11 is 0. The van der Waals surface area contributed by atoms with Gasteiger partial charge >= 0.3 is 0 Å². The molecule has 0 radical (unpaired) electrons. The van der Waals surface area contributed by atoms with Crippen LogP contribution in [-0.2, 0) is 0 Å². The van der Waals surface area contributed by atoms with Crippen molar-refractivity contribution in [2.45, 2.75) is 19.4 Å². The van der Waals surface area contributed by atoms with Crippen molar-refractivity contribution in [2.75, 3.05) is 13.1 Å². The Labute approximate surface area is 92.6 Å². The third-order valence-corrected chi connectivity index (χ3v) is 2.28. The number of benzene rings is 1. The summed E-state index contributed by atoms with van der Waals surface area (Å²) in [4.78, 5) is 0. The molecule has 5 heteroatoms. The van der Waals surface area contributed by atoms with Gasteiger partial charge in [-0.1, -0.05) is 17.7 Å². The fourth-order valence-electron chi connectivity index (χ4n) is 1.48. The second-order valence-corrected chi connectivity index (χ2v) is 3.61. The van der Waals surface area contributed by atoms with Crippen molar-refractivity contribution in [1.82, 2.24) is 5.32 Å². The van der Waals surface area contributed by atoms with E-state index in [9.17, 15) is 13.2 Å². The predicted molar refractivity (Wildman–Crippen MR) is 56.9 cm³/mol. The second-order valence-electron chi connectivity index (χ2n) is 3.61. The largest absolute Gasteiger partial charge is 0.329 e. The molecule has 0 bridgehead atoms. The molecule has 0 aliphatic rings. The molecular weight excluding hydrogens is 217 g/mol. The summed E-state index contributed by atoms with van der Waals surface area (Å²) in [5, 5.41) is 2.54. The molecule has 0 saturated carbocycles. The molecule has 1 aromatic carbocycles. The van der Waals surface area contributed by atoms with Gasteiger partial charge in [-0.2, -0.15) is 0 Å². The smallest absolute Gasteiger partial charge is 0.250 e. The molecule has 0 heterocycles. The van der Waals surface area contributed by atoms with Crippen molar-refractivity contribution in [3.8, 4) is 0 Å². The van der Waals surface area contributed by atoms with Gasteiger partial charge in [0.1, 0.15) is 5.82 Å². The van der Waals surface area contributed by atoms with E-state index in [1.165, 1.54) is 6.07 Å². The zero-order valence-corrected chi connectivity index (χ0v) is 9.01. The Morgan fingerprint density at radius 2 is 2.06 bits per heavy atom. The maximum Gasteiger partial charge on any atom is 0.250 e. The summed E-state index contributed by atoms with van der Waals surface area (Å²) in [6.07, 6.45) is -2.47. The van der Waals surface area contributed by atoms with E-state index in [0.29, 0.717) is 5.56 Å². The van der Waals surface area contributed by atoms with Crippen molar-refractivity contribution in [1.29, 1.82) is 0 Å². The molecule has 0 amide bonds. The summed E-state index contributed by atoms with van der Waals surface area (Å²) < 4.78 is 37.5. The molecule has 0 aliphatic carbocycles. The number of hydrogen-bond acceptors (Lipinski definition) is 2. The number of hydrogen-bond donors (Lipinski definition) is 2. The Bertz CT molecular complexity index is 342. The van der Waals surface area contributed by atoms with Gasteiger partial charge in [0.25, 0.3) is 6.43 Å². The molecule has 0 saturated heterocycles. The van der Waals surface area contributed by atoms with Crippen LogP contribution in [0.2, 0.25) is 0 Å². The van der Waals surface area contributed by atoms with E-state index in [4.69, 9.17) is 5.73 Å². The van der Waals surface area contributed by atoms with Gasteiger partial charge in [0.05, 0.1) is 6.54 Å². The zero-order valence-electron chi connectivity index (χ0n) is 9.01. The Hall–Kier alpha value is -1.07. The van der Waals surface area contributed by atoms with Crippen molar-refractivity contribution < 1.29 is 13.2 Å². The van der Waals surface area contributed by atoms with Crippen molar-refractivity contribution >= 4 is 0 Å². The molecule has 1 aromatic rings. The number of aryl methyl sites for hydroxylation is 1. The molecule has 16 heavy (non-hydrogen) atoms. The fourth-order valence-corrected chi connectivity index (χ4v) is 1.48. The first-order chi connectivity index (χ1) is 7.54. The highest BCUT2D eigenvalue weighted by atomic mass is 19.3. The lowest BCUT2D eigenvalue weighted by molar-refractivity contribution is 0.141. The molecule has 90 valence electrons. The van der Waals surface area contributed by atoms with Crippen LogP contribution in [-0.4, -0.2) is 19.5 Å². The van der Waals surface area contributed by atoms with Crippen LogP contribution < -0.4 is 11.1 Å². The van der Waals surface area contributed by atoms with Crippen molar-refractivity contribution in [3.05, 3.63) is 35.1 Å². The van der Waals surface area contributed by atoms with Gasteiger partial charge in [-0.3, -0.25) is 0 Å². The lowest BCUT2D eigenvalue weighted by Gasteiger charge is -2.18. The molecular formula is C11H15F3N2. The standard InChI is InChI=1S/C11H15F3N2/c1-7-2-3-9(12)8(4-7)10(5-15)16-6-11(13)14/h2-4,10-11,16H,5-6,15H2,1H3. The average molecular weight is 232 g/mol. The van der Waals surface area contributed by atoms with Crippen LogP contribution in [0.4, 0.5) is 13.2 Å². The number of nitrogens with one attached hydrogen (secondary N) is 1. The lowest BCUT2D eigenvalue weighted by atomic mass is 10.0. The molecule has 0 aromatic heterocycles. The Morgan fingerprint density at radius 1 is 1.38 bits per heavy atom. The van der Waals surface area contributed by atoms with E-state index in [2.05, 4.69) is 5.32 Å². The first kappa shape index (κ1) is 13.0. The minimum Gasteiger partial charge on any atom is -0.329 e. The maximum absolute atomic E-state index is 13.4. The van der Waals surface area contributed by atoms with Gasteiger partial charge in [-0.15, -0.1) is 0 Å². The first-order valence-electron chi connectivity index (χ1n) is 5.02. The predicted octanol–water partition coefficient (Wildman–Crippen LogP) is 1.99. The third kappa shape index (κ3) is 3.50. The van der Waals surface area contributed by atoms with Crippen LogP contribution in [0.25, 0.3) is 0 Å². The third-order valence-electron chi connectivity index (χ3n) is 2.28. The van der Waals surface area contributed by atoms with E-state index in [1.54, 1.807) is 12.1 Å². The number of halogens is 3. The minimum atomic E-state index is -2.47. The quantitative estimate of drug-likeness (QED) is 0.814. The van der Waals surface area contributed by atoms with E-state index in [1.807, 2.05) is 6.92 Å². The van der Waals surface area contributed by atoms with Gasteiger partial charge in [-0.05, 0) is 13.0 Å². The average Bonchev–Trinajstić information content (AvgIpc) is 2.23. The van der Waals surface area contributed by atoms with Crippen LogP contribution in [0.1, 0.15) is 17.2 Å². The Balaban J connectivity index is 2.81. The van der Waals surface area contributed by atoms with E-state index in [0.717, 1.165) is 5.56 Å². The lowest BCUT2D eigenvalue weighted by Crippen LogP contribution is -2.32. The SMILES string of the molecule is Cc1ccc(F)c(C(CN)NCC(F)F)c1. The summed E-state index contributed by atoms with van der Waals surface area (Å²) in [5.74, 6) is -0.428. The molecule has 0 fully saturated rings. The summed E-state index contributed by atoms with van der Waals surface area (Å²) in [7, 11) is 0. The van der Waals surface area contributed by atoms with Crippen LogP contribution in [0.15, 0.2) is 18.2 Å². The van der Waals surface area contributed by atoms with Crippen LogP contribution in [0.5, 0.6) is 0 Å². The molecule has 0 aliphatic heterocycles. The molecule has 1 unspecified atom stereocenters. The van der Waals surface area contributed by atoms with Crippen LogP contribution >= 0.6 is 0 Å². The molecule has 2 nitrogen and oxygen atoms in total. The molecule has 1 atom stereocenters. The van der Waals surface area contributed by atoms with Gasteiger partial charge in [0.2, 0.25) is 0 Å². The topological polar surface area (TPSA) is 38.0 Å². The molecule has 3 N–H and O–H groups in total. The first-order valence-corrected chi connectivity index (χ1v) is 5.02. The van der Waals surface area contributed by atoms with Crippen molar-refractivity contribution in [2.24, 2.45) is 5.73 Å². The number of rotatable bonds is 5. The summed E-state index contributed by atoms with van der Waals surface area (Å²) in [6, 6.07) is 3.98.